The Labute approximate surface area is 213 Å². The van der Waals surface area contributed by atoms with Gasteiger partial charge in [0.05, 0.1) is 29.7 Å². The van der Waals surface area contributed by atoms with Crippen LogP contribution in [0.2, 0.25) is 0 Å². The van der Waals surface area contributed by atoms with E-state index in [0.717, 1.165) is 17.3 Å². The molecule has 3 aromatic carbocycles. The fourth-order valence-corrected chi connectivity index (χ4v) is 4.39. The third kappa shape index (κ3) is 6.06. The highest BCUT2D eigenvalue weighted by atomic mass is 32.2. The van der Waals surface area contributed by atoms with Gasteiger partial charge in [0.1, 0.15) is 19.0 Å². The molecule has 0 bridgehead atoms. The predicted octanol–water partition coefficient (Wildman–Crippen LogP) is 5.65. The molecule has 4 rings (SSSR count). The minimum atomic E-state index is -0.354. The third-order valence-electron chi connectivity index (χ3n) is 5.29. The molecule has 1 aliphatic rings. The summed E-state index contributed by atoms with van der Waals surface area (Å²) in [6.07, 6.45) is 1.67. The van der Waals surface area contributed by atoms with E-state index in [9.17, 15) is 14.9 Å². The summed E-state index contributed by atoms with van der Waals surface area (Å²) in [6, 6.07) is 24.0. The van der Waals surface area contributed by atoms with Gasteiger partial charge in [-0.1, -0.05) is 42.5 Å². The first-order valence-corrected chi connectivity index (χ1v) is 12.2. The van der Waals surface area contributed by atoms with Crippen LogP contribution < -0.4 is 14.2 Å². The maximum Gasteiger partial charge on any atom is 0.293 e. The number of ether oxygens (including phenoxy) is 3. The molecule has 1 saturated heterocycles. The highest BCUT2D eigenvalue weighted by Crippen LogP contribution is 2.35. The standard InChI is InChI=1S/C28H24N2O5S/c1-2-33-25-16-20(12-13-24(25)35-19-22-9-7-6-8-21(22)18-29)17-26-27(31)30(28(32)36-26)14-15-34-23-10-4-3-5-11-23/h3-13,16-17H,2,14-15,19H2,1H3/b26-17-. The van der Waals surface area contributed by atoms with Crippen LogP contribution in [0.3, 0.4) is 0 Å². The summed E-state index contributed by atoms with van der Waals surface area (Å²) in [7, 11) is 0. The van der Waals surface area contributed by atoms with Crippen molar-refractivity contribution in [2.75, 3.05) is 19.8 Å². The number of carbonyl (C=O) groups excluding carboxylic acids is 2. The van der Waals surface area contributed by atoms with Gasteiger partial charge in [-0.15, -0.1) is 0 Å². The number of amides is 2. The zero-order valence-corrected chi connectivity index (χ0v) is 20.5. The van der Waals surface area contributed by atoms with Crippen molar-refractivity contribution in [2.24, 2.45) is 0 Å². The van der Waals surface area contributed by atoms with Crippen molar-refractivity contribution < 1.29 is 23.8 Å². The molecule has 0 spiro atoms. The van der Waals surface area contributed by atoms with E-state index >= 15 is 0 Å². The number of nitriles is 1. The van der Waals surface area contributed by atoms with Gasteiger partial charge >= 0.3 is 0 Å². The Morgan fingerprint density at radius 1 is 0.944 bits per heavy atom. The maximum atomic E-state index is 12.8. The van der Waals surface area contributed by atoms with E-state index in [1.807, 2.05) is 49.4 Å². The quantitative estimate of drug-likeness (QED) is 0.332. The summed E-state index contributed by atoms with van der Waals surface area (Å²) in [6.45, 7) is 2.88. The van der Waals surface area contributed by atoms with Gasteiger partial charge in [-0.05, 0) is 60.7 Å². The fourth-order valence-electron chi connectivity index (χ4n) is 3.53. The van der Waals surface area contributed by atoms with Crippen LogP contribution in [0.25, 0.3) is 6.08 Å². The molecule has 7 nitrogen and oxygen atoms in total. The first-order chi connectivity index (χ1) is 17.6. The van der Waals surface area contributed by atoms with Gasteiger partial charge in [0.2, 0.25) is 0 Å². The van der Waals surface area contributed by atoms with E-state index < -0.39 is 0 Å². The van der Waals surface area contributed by atoms with E-state index in [1.54, 1.807) is 36.4 Å². The van der Waals surface area contributed by atoms with Crippen molar-refractivity contribution in [3.63, 3.8) is 0 Å². The molecule has 2 amide bonds. The Kier molecular flexibility index (Phi) is 8.27. The third-order valence-corrected chi connectivity index (χ3v) is 6.19. The second kappa shape index (κ2) is 12.0. The van der Waals surface area contributed by atoms with Gasteiger partial charge in [-0.2, -0.15) is 5.26 Å². The van der Waals surface area contributed by atoms with Gasteiger partial charge < -0.3 is 14.2 Å². The number of thioether (sulfide) groups is 1. The Hall–Kier alpha value is -4.22. The van der Waals surface area contributed by atoms with Crippen molar-refractivity contribution in [1.82, 2.24) is 4.90 Å². The predicted molar refractivity (Wildman–Crippen MR) is 138 cm³/mol. The monoisotopic (exact) mass is 500 g/mol. The van der Waals surface area contributed by atoms with Crippen LogP contribution in [0.15, 0.2) is 77.7 Å². The first-order valence-electron chi connectivity index (χ1n) is 11.4. The summed E-state index contributed by atoms with van der Waals surface area (Å²) in [5.74, 6) is 1.36. The van der Waals surface area contributed by atoms with Crippen molar-refractivity contribution in [1.29, 1.82) is 5.26 Å². The molecule has 1 heterocycles. The van der Waals surface area contributed by atoms with E-state index in [0.29, 0.717) is 39.9 Å². The number of hydrogen-bond acceptors (Lipinski definition) is 7. The van der Waals surface area contributed by atoms with Crippen LogP contribution in [0.1, 0.15) is 23.6 Å². The first kappa shape index (κ1) is 24.9. The fraction of sp³-hybridized carbons (Fsp3) is 0.179. The van der Waals surface area contributed by atoms with Crippen LogP contribution in [0.5, 0.6) is 17.2 Å². The summed E-state index contributed by atoms with van der Waals surface area (Å²) < 4.78 is 17.3. The second-order valence-electron chi connectivity index (χ2n) is 7.69. The maximum absolute atomic E-state index is 12.8. The molecule has 1 fully saturated rings. The van der Waals surface area contributed by atoms with E-state index in [1.165, 1.54) is 4.90 Å². The summed E-state index contributed by atoms with van der Waals surface area (Å²) in [5, 5.41) is 8.96. The average Bonchev–Trinajstić information content (AvgIpc) is 3.16. The lowest BCUT2D eigenvalue weighted by Crippen LogP contribution is -2.32. The summed E-state index contributed by atoms with van der Waals surface area (Å²) >= 11 is 0.898. The molecule has 36 heavy (non-hydrogen) atoms. The Bertz CT molecular complexity index is 1320. The summed E-state index contributed by atoms with van der Waals surface area (Å²) in [4.78, 5) is 26.8. The Morgan fingerprint density at radius 3 is 2.50 bits per heavy atom. The second-order valence-corrected chi connectivity index (χ2v) is 8.68. The normalized spacial score (nSPS) is 14.1. The average molecular weight is 501 g/mol. The number of nitrogens with zero attached hydrogens (tertiary/aromatic N) is 2. The van der Waals surface area contributed by atoms with Gasteiger partial charge in [0.25, 0.3) is 11.1 Å². The Morgan fingerprint density at radius 2 is 1.72 bits per heavy atom. The van der Waals surface area contributed by atoms with E-state index in [4.69, 9.17) is 14.2 Å². The van der Waals surface area contributed by atoms with Crippen molar-refractivity contribution in [2.45, 2.75) is 13.5 Å². The molecule has 0 radical (unpaired) electrons. The van der Waals surface area contributed by atoms with Gasteiger partial charge in [-0.25, -0.2) is 0 Å². The molecule has 0 unspecified atom stereocenters. The lowest BCUT2D eigenvalue weighted by atomic mass is 10.1. The molecule has 3 aromatic rings. The molecule has 8 heteroatoms. The number of hydrogen-bond donors (Lipinski definition) is 0. The van der Waals surface area contributed by atoms with Gasteiger partial charge in [0, 0.05) is 5.56 Å². The van der Waals surface area contributed by atoms with Crippen LogP contribution in [-0.4, -0.2) is 35.8 Å². The van der Waals surface area contributed by atoms with Crippen LogP contribution >= 0.6 is 11.8 Å². The molecule has 1 aliphatic heterocycles. The number of carbonyl (C=O) groups is 2. The Balaban J connectivity index is 1.44. The zero-order chi connectivity index (χ0) is 25.3. The molecule has 0 saturated carbocycles. The number of benzene rings is 3. The van der Waals surface area contributed by atoms with E-state index in [2.05, 4.69) is 6.07 Å². The molecule has 0 atom stereocenters. The van der Waals surface area contributed by atoms with Crippen molar-refractivity contribution >= 4 is 29.0 Å². The topological polar surface area (TPSA) is 88.9 Å². The summed E-state index contributed by atoms with van der Waals surface area (Å²) in [5.41, 5.74) is 2.03. The number of rotatable bonds is 10. The van der Waals surface area contributed by atoms with E-state index in [-0.39, 0.29) is 30.9 Å². The molecule has 0 aliphatic carbocycles. The number of imide groups is 1. The number of para-hydroxylation sites is 1. The smallest absolute Gasteiger partial charge is 0.293 e. The van der Waals surface area contributed by atoms with Crippen LogP contribution in [0.4, 0.5) is 4.79 Å². The molecular formula is C28H24N2O5S. The molecule has 182 valence electrons. The van der Waals surface area contributed by atoms with Crippen molar-refractivity contribution in [3.05, 3.63) is 94.4 Å². The highest BCUT2D eigenvalue weighted by molar-refractivity contribution is 8.18. The van der Waals surface area contributed by atoms with Crippen LogP contribution in [0, 0.1) is 11.3 Å². The lowest BCUT2D eigenvalue weighted by molar-refractivity contribution is -0.123. The highest BCUT2D eigenvalue weighted by Gasteiger charge is 2.34. The lowest BCUT2D eigenvalue weighted by Gasteiger charge is -2.14. The molecular weight excluding hydrogens is 476 g/mol. The SMILES string of the molecule is CCOc1cc(/C=C2\SC(=O)N(CCOc3ccccc3)C2=O)ccc1OCc1ccccc1C#N. The van der Waals surface area contributed by atoms with Gasteiger partial charge in [-0.3, -0.25) is 14.5 Å². The minimum absolute atomic E-state index is 0.165. The largest absolute Gasteiger partial charge is 0.492 e. The zero-order valence-electron chi connectivity index (χ0n) is 19.7. The molecule has 0 N–H and O–H groups in total. The van der Waals surface area contributed by atoms with Crippen LogP contribution in [-0.2, 0) is 11.4 Å². The van der Waals surface area contributed by atoms with Gasteiger partial charge in [0.15, 0.2) is 11.5 Å². The molecule has 0 aromatic heterocycles. The van der Waals surface area contributed by atoms with Crippen molar-refractivity contribution in [3.8, 4) is 23.3 Å². The minimum Gasteiger partial charge on any atom is -0.492 e.